The van der Waals surface area contributed by atoms with Crippen molar-refractivity contribution in [2.75, 3.05) is 26.1 Å². The Morgan fingerprint density at radius 2 is 1.71 bits per heavy atom. The highest BCUT2D eigenvalue weighted by Gasteiger charge is 2.30. The molecule has 0 atom stereocenters. The van der Waals surface area contributed by atoms with Gasteiger partial charge in [0.25, 0.3) is 5.56 Å². The zero-order chi connectivity index (χ0) is 49.5. The van der Waals surface area contributed by atoms with Gasteiger partial charge in [0, 0.05) is 44.8 Å². The number of fused-ring (bicyclic) bond motifs is 1. The van der Waals surface area contributed by atoms with Gasteiger partial charge in [-0.15, -0.1) is 0 Å². The maximum Gasteiger partial charge on any atom is 0.416 e. The largest absolute Gasteiger partial charge is 0.416 e. The van der Waals surface area contributed by atoms with Gasteiger partial charge in [-0.1, -0.05) is 68.0 Å². The molecule has 1 aliphatic carbocycles. The molecule has 1 aliphatic rings. The summed E-state index contributed by atoms with van der Waals surface area (Å²) in [4.78, 5) is 33.0. The monoisotopic (exact) mass is 697 g/mol. The van der Waals surface area contributed by atoms with Crippen LogP contribution in [0.1, 0.15) is 77.1 Å². The minimum atomic E-state index is -5.37. The van der Waals surface area contributed by atoms with E-state index >= 15 is 4.79 Å². The Kier molecular flexibility index (Phi) is 6.23. The average Bonchev–Trinajstić information content (AvgIpc) is 3.64. The van der Waals surface area contributed by atoms with E-state index in [1.807, 2.05) is 0 Å². The molecule has 0 saturated carbocycles. The smallest absolute Gasteiger partial charge is 0.336 e. The van der Waals surface area contributed by atoms with Crippen molar-refractivity contribution in [1.29, 1.82) is 0 Å². The van der Waals surface area contributed by atoms with E-state index in [9.17, 15) is 27.8 Å². The minimum absolute atomic E-state index is 0.0482. The molecular weight excluding hydrogens is 640 g/mol. The van der Waals surface area contributed by atoms with E-state index < -0.39 is 144 Å². The van der Waals surface area contributed by atoms with Gasteiger partial charge >= 0.3 is 6.18 Å². The molecule has 1 heterocycles. The second-order valence-electron chi connectivity index (χ2n) is 10.3. The summed E-state index contributed by atoms with van der Waals surface area (Å²) in [5, 5.41) is -0.722. The Bertz CT molecular complexity index is 2550. The van der Waals surface area contributed by atoms with Gasteiger partial charge < -0.3 is 14.4 Å². The van der Waals surface area contributed by atoms with Crippen molar-refractivity contribution < 1.29 is 45.7 Å². The number of benzene rings is 3. The van der Waals surface area contributed by atoms with Crippen LogP contribution in [0.4, 0.5) is 17.6 Å². The minimum Gasteiger partial charge on any atom is -0.336 e. The number of carbonyl (C=O) groups excluding carboxylic acids is 1. The average molecular weight is 698 g/mol. The molecule has 0 radical (unpaired) electrons. The molecular formula is C37H40F4N4O2S. The van der Waals surface area contributed by atoms with Crippen LogP contribution in [0.5, 0.6) is 0 Å². The number of hydrogen-bond donors (Lipinski definition) is 0. The predicted molar refractivity (Wildman–Crippen MR) is 181 cm³/mol. The molecule has 3 aromatic carbocycles. The second-order valence-corrected chi connectivity index (χ2v) is 11.1. The highest BCUT2D eigenvalue weighted by Crippen LogP contribution is 2.32. The maximum atomic E-state index is 15.1. The number of amides is 1. The van der Waals surface area contributed by atoms with Crippen molar-refractivity contribution in [2.24, 2.45) is 0 Å². The molecule has 0 spiro atoms. The fourth-order valence-electron chi connectivity index (χ4n) is 4.68. The summed E-state index contributed by atoms with van der Waals surface area (Å²) < 4.78 is 204. The first kappa shape index (κ1) is 19.3. The van der Waals surface area contributed by atoms with Crippen LogP contribution >= 0.6 is 11.8 Å². The third-order valence-corrected chi connectivity index (χ3v) is 7.95. The summed E-state index contributed by atoms with van der Waals surface area (Å²) in [5.74, 6) is -2.58. The zero-order valence-corrected chi connectivity index (χ0v) is 26.7. The lowest BCUT2D eigenvalue weighted by Gasteiger charge is -2.28. The van der Waals surface area contributed by atoms with Crippen LogP contribution in [0, 0.1) is 12.7 Å². The topological polar surface area (TPSA) is 58.4 Å². The van der Waals surface area contributed by atoms with Gasteiger partial charge in [0.15, 0.2) is 5.16 Å². The molecule has 0 N–H and O–H groups in total. The molecule has 0 aliphatic heterocycles. The SMILES string of the molecule is [2H]c1c([2H])c(C(F)(F)F)c([2H])c([2H])c1-c1c([2H])c([2H])c(C([2H])([2H])N(CCN(C([2H])([2H])C)C([2H])([2H])C)C(=O)C([2H])([2H])n2c(SC([2H])([2H])c3ccc(F)cc3)nc(=O)c3c2CCC3)c(C)c1[2H]. The number of thioether (sulfide) groups is 1. The first-order chi connectivity index (χ1) is 29.5. The highest BCUT2D eigenvalue weighted by atomic mass is 32.2. The fraction of sp³-hybridized carbons (Fsp3) is 0.378. The van der Waals surface area contributed by atoms with E-state index in [-0.39, 0.29) is 52.7 Å². The predicted octanol–water partition coefficient (Wildman–Crippen LogP) is 7.53. The van der Waals surface area contributed by atoms with Gasteiger partial charge in [-0.2, -0.15) is 18.2 Å². The van der Waals surface area contributed by atoms with Crippen molar-refractivity contribution in [3.63, 3.8) is 0 Å². The molecule has 0 saturated heterocycles. The van der Waals surface area contributed by atoms with Crippen LogP contribution in [0.3, 0.4) is 0 Å². The van der Waals surface area contributed by atoms with E-state index in [0.717, 1.165) is 45.0 Å². The molecule has 5 rings (SSSR count). The summed E-state index contributed by atoms with van der Waals surface area (Å²) in [6.07, 6.45) is -5.15. The summed E-state index contributed by atoms with van der Waals surface area (Å²) in [5.41, 5.74) is -9.36. The lowest BCUT2D eigenvalue weighted by Crippen LogP contribution is -2.40. The molecule has 48 heavy (non-hydrogen) atoms. The first-order valence-corrected chi connectivity index (χ1v) is 15.3. The van der Waals surface area contributed by atoms with Crippen LogP contribution in [-0.2, 0) is 42.5 Å². The van der Waals surface area contributed by atoms with Gasteiger partial charge in [-0.3, -0.25) is 9.59 Å². The van der Waals surface area contributed by atoms with E-state index in [4.69, 9.17) is 17.8 Å². The first-order valence-electron chi connectivity index (χ1n) is 23.0. The Labute approximate surface area is 306 Å². The summed E-state index contributed by atoms with van der Waals surface area (Å²) in [7, 11) is 0. The van der Waals surface area contributed by atoms with Crippen molar-refractivity contribution in [2.45, 2.75) is 70.1 Å². The Balaban J connectivity index is 1.78. The Hall–Kier alpha value is -3.96. The van der Waals surface area contributed by atoms with Gasteiger partial charge in [0.05, 0.1) is 20.6 Å². The van der Waals surface area contributed by atoms with Gasteiger partial charge in [0.1, 0.15) is 12.3 Å². The standard InChI is InChI=1S/C37H40F4N4O2S/c1-4-43(5-2)19-20-44(22-29-12-11-28(21-25(29)3)27-13-15-30(16-14-27)37(39,40)41)34(46)23-45-33-8-6-7-32(33)35(47)42-36(45)48-24-26-9-17-31(38)18-10-26/h9-18,21H,4-8,19-20,22-24H2,1-3H3/i4D2,5D2,11D,12D,13D,14D,15D,16D,21D,22D2,23D2,24D2. The number of hydrogen-bond acceptors (Lipinski definition) is 5. The number of likely N-dealkylation sites (N-methyl/N-ethyl adjacent to an activating group) is 1. The number of aromatic nitrogens is 2. The summed E-state index contributed by atoms with van der Waals surface area (Å²) in [6.45, 7) is -11.4. The third-order valence-electron chi connectivity index (χ3n) is 7.15. The third kappa shape index (κ3) is 8.54. The summed E-state index contributed by atoms with van der Waals surface area (Å²) in [6, 6.07) is -5.23. The molecule has 0 bridgehead atoms. The molecule has 0 unspecified atom stereocenters. The highest BCUT2D eigenvalue weighted by molar-refractivity contribution is 7.98. The van der Waals surface area contributed by atoms with E-state index in [1.165, 1.54) is 0 Å². The lowest BCUT2D eigenvalue weighted by molar-refractivity contribution is -0.137. The van der Waals surface area contributed by atoms with Gasteiger partial charge in [-0.05, 0) is 91.2 Å². The van der Waals surface area contributed by atoms with Gasteiger partial charge in [-0.25, -0.2) is 4.39 Å². The van der Waals surface area contributed by atoms with Gasteiger partial charge in [0.2, 0.25) is 5.91 Å². The molecule has 11 heteroatoms. The van der Waals surface area contributed by atoms with Crippen molar-refractivity contribution >= 4 is 17.7 Å². The number of halogens is 4. The number of alkyl halides is 3. The van der Waals surface area contributed by atoms with Crippen LogP contribution in [0.2, 0.25) is 0 Å². The molecule has 0 fully saturated rings. The van der Waals surface area contributed by atoms with E-state index in [2.05, 4.69) is 4.98 Å². The van der Waals surface area contributed by atoms with Crippen molar-refractivity contribution in [3.05, 3.63) is 116 Å². The molecule has 1 amide bonds. The number of nitrogens with zero attached hydrogens (tertiary/aromatic N) is 4. The van der Waals surface area contributed by atoms with Crippen LogP contribution in [0.25, 0.3) is 11.1 Å². The van der Waals surface area contributed by atoms with Crippen molar-refractivity contribution in [3.8, 4) is 11.1 Å². The fourth-order valence-corrected chi connectivity index (χ4v) is 5.40. The normalized spacial score (nSPS) is 19.5. The van der Waals surface area contributed by atoms with E-state index in [0.29, 0.717) is 9.47 Å². The second kappa shape index (κ2) is 15.5. The molecule has 6 nitrogen and oxygen atoms in total. The Morgan fingerprint density at radius 1 is 1.02 bits per heavy atom. The van der Waals surface area contributed by atoms with Crippen LogP contribution in [0.15, 0.2) is 76.5 Å². The molecule has 254 valence electrons. The zero-order valence-electron chi connectivity index (χ0n) is 42.9. The summed E-state index contributed by atoms with van der Waals surface area (Å²) >= 11 is 0.163. The Morgan fingerprint density at radius 3 is 2.38 bits per heavy atom. The van der Waals surface area contributed by atoms with Crippen LogP contribution in [-0.4, -0.2) is 51.3 Å². The molecule has 1 aromatic heterocycles. The van der Waals surface area contributed by atoms with E-state index in [1.54, 1.807) is 0 Å². The number of carbonyl (C=O) groups is 1. The number of rotatable bonds is 13. The maximum absolute atomic E-state index is 15.1. The quantitative estimate of drug-likeness (QED) is 0.0822. The van der Waals surface area contributed by atoms with Crippen molar-refractivity contribution in [1.82, 2.24) is 19.4 Å². The lowest BCUT2D eigenvalue weighted by atomic mass is 9.98. The molecule has 4 aromatic rings. The van der Waals surface area contributed by atoms with Crippen LogP contribution < -0.4 is 5.56 Å².